The van der Waals surface area contributed by atoms with Gasteiger partial charge in [-0.05, 0) is 29.8 Å². The summed E-state index contributed by atoms with van der Waals surface area (Å²) < 4.78 is 37.4. The summed E-state index contributed by atoms with van der Waals surface area (Å²) in [5, 5.41) is 19.4. The molecule has 1 aromatic carbocycles. The second-order valence-electron chi connectivity index (χ2n) is 4.44. The highest BCUT2D eigenvalue weighted by atomic mass is 32.2. The van der Waals surface area contributed by atoms with Gasteiger partial charge in [-0.2, -0.15) is 18.4 Å². The van der Waals surface area contributed by atoms with Crippen LogP contribution in [0, 0.1) is 11.3 Å². The zero-order chi connectivity index (χ0) is 16.2. The molecule has 0 aliphatic rings. The molecule has 7 heteroatoms. The minimum Gasteiger partial charge on any atom is -0.388 e. The fraction of sp³-hybridized carbons (Fsp3) is 0.200. The number of nitrogens with zero attached hydrogens (tertiary/aromatic N) is 2. The van der Waals surface area contributed by atoms with Crippen LogP contribution in [0.2, 0.25) is 0 Å². The second-order valence-corrected chi connectivity index (χ2v) is 5.48. The van der Waals surface area contributed by atoms with Crippen molar-refractivity contribution in [2.75, 3.05) is 5.75 Å². The van der Waals surface area contributed by atoms with Crippen molar-refractivity contribution in [3.63, 3.8) is 0 Å². The van der Waals surface area contributed by atoms with E-state index in [4.69, 9.17) is 5.26 Å². The molecule has 1 N–H and O–H groups in total. The average Bonchev–Trinajstić information content (AvgIpc) is 2.52. The van der Waals surface area contributed by atoms with Crippen LogP contribution >= 0.6 is 11.8 Å². The summed E-state index contributed by atoms with van der Waals surface area (Å²) in [7, 11) is 0. The number of nitriles is 1. The monoisotopic (exact) mass is 324 g/mol. The summed E-state index contributed by atoms with van der Waals surface area (Å²) in [6, 6.07) is 9.54. The van der Waals surface area contributed by atoms with Crippen LogP contribution in [0.15, 0.2) is 47.6 Å². The van der Waals surface area contributed by atoms with Crippen molar-refractivity contribution in [2.24, 2.45) is 0 Å². The van der Waals surface area contributed by atoms with Gasteiger partial charge in [0.2, 0.25) is 0 Å². The van der Waals surface area contributed by atoms with Gasteiger partial charge in [-0.25, -0.2) is 4.98 Å². The van der Waals surface area contributed by atoms with Crippen molar-refractivity contribution >= 4 is 11.8 Å². The maximum absolute atomic E-state index is 12.5. The number of halogens is 3. The molecule has 0 saturated heterocycles. The highest BCUT2D eigenvalue weighted by molar-refractivity contribution is 7.99. The van der Waals surface area contributed by atoms with Gasteiger partial charge in [-0.3, -0.25) is 0 Å². The topological polar surface area (TPSA) is 56.9 Å². The van der Waals surface area contributed by atoms with E-state index in [1.165, 1.54) is 30.1 Å². The lowest BCUT2D eigenvalue weighted by Crippen LogP contribution is -2.06. The van der Waals surface area contributed by atoms with E-state index in [2.05, 4.69) is 4.98 Å². The molecule has 0 radical (unpaired) electrons. The number of thioether (sulfide) groups is 1. The van der Waals surface area contributed by atoms with Crippen LogP contribution < -0.4 is 0 Å². The van der Waals surface area contributed by atoms with Gasteiger partial charge in [0, 0.05) is 11.9 Å². The average molecular weight is 324 g/mol. The number of hydrogen-bond donors (Lipinski definition) is 1. The molecule has 2 rings (SSSR count). The van der Waals surface area contributed by atoms with Crippen molar-refractivity contribution in [2.45, 2.75) is 17.3 Å². The molecule has 0 fully saturated rings. The third kappa shape index (κ3) is 4.23. The molecule has 0 aliphatic heterocycles. The third-order valence-electron chi connectivity index (χ3n) is 2.88. The Labute approximate surface area is 129 Å². The second kappa shape index (κ2) is 6.81. The molecule has 0 bridgehead atoms. The molecule has 1 unspecified atom stereocenters. The number of pyridine rings is 1. The van der Waals surface area contributed by atoms with Crippen LogP contribution in [-0.4, -0.2) is 15.8 Å². The summed E-state index contributed by atoms with van der Waals surface area (Å²) in [4.78, 5) is 4.05. The fourth-order valence-corrected chi connectivity index (χ4v) is 2.58. The number of hydrogen-bond acceptors (Lipinski definition) is 4. The van der Waals surface area contributed by atoms with Crippen LogP contribution in [0.5, 0.6) is 0 Å². The summed E-state index contributed by atoms with van der Waals surface area (Å²) in [5.74, 6) is 0.229. The van der Waals surface area contributed by atoms with E-state index in [1.807, 2.05) is 6.07 Å². The molecule has 1 heterocycles. The Morgan fingerprint density at radius 1 is 1.23 bits per heavy atom. The van der Waals surface area contributed by atoms with Crippen molar-refractivity contribution in [1.82, 2.24) is 4.98 Å². The molecule has 1 aromatic heterocycles. The Morgan fingerprint density at radius 3 is 2.50 bits per heavy atom. The predicted molar refractivity (Wildman–Crippen MR) is 76.1 cm³/mol. The highest BCUT2D eigenvalue weighted by Gasteiger charge is 2.30. The largest absolute Gasteiger partial charge is 0.416 e. The van der Waals surface area contributed by atoms with Gasteiger partial charge in [0.05, 0.1) is 28.3 Å². The molecule has 1 atom stereocenters. The van der Waals surface area contributed by atoms with E-state index in [0.29, 0.717) is 16.2 Å². The molecule has 0 amide bonds. The van der Waals surface area contributed by atoms with Crippen molar-refractivity contribution in [3.05, 3.63) is 59.3 Å². The van der Waals surface area contributed by atoms with Gasteiger partial charge in [-0.1, -0.05) is 12.1 Å². The summed E-state index contributed by atoms with van der Waals surface area (Å²) in [5.41, 5.74) is 0.109. The lowest BCUT2D eigenvalue weighted by Gasteiger charge is -2.12. The van der Waals surface area contributed by atoms with E-state index in [9.17, 15) is 18.3 Å². The molecular weight excluding hydrogens is 313 g/mol. The molecule has 3 nitrogen and oxygen atoms in total. The van der Waals surface area contributed by atoms with Gasteiger partial charge in [0.25, 0.3) is 0 Å². The highest BCUT2D eigenvalue weighted by Crippen LogP contribution is 2.30. The van der Waals surface area contributed by atoms with Crippen LogP contribution in [0.3, 0.4) is 0 Å². The molecule has 2 aromatic rings. The Bertz CT molecular complexity index is 680. The number of aromatic nitrogens is 1. The standard InChI is InChI=1S/C15H11F3N2OS/c16-15(17,18)12-3-1-11(2-4-12)13(21)9-22-14-7-10(8-19)5-6-20-14/h1-7,13,21H,9H2. The van der Waals surface area contributed by atoms with Gasteiger partial charge >= 0.3 is 6.18 Å². The first kappa shape index (κ1) is 16.3. The molecule has 114 valence electrons. The van der Waals surface area contributed by atoms with Crippen LogP contribution in [0.25, 0.3) is 0 Å². The number of rotatable bonds is 4. The number of benzene rings is 1. The predicted octanol–water partition coefficient (Wildman–Crippen LogP) is 3.80. The van der Waals surface area contributed by atoms with Gasteiger partial charge in [-0.15, -0.1) is 11.8 Å². The van der Waals surface area contributed by atoms with E-state index >= 15 is 0 Å². The van der Waals surface area contributed by atoms with E-state index in [1.54, 1.807) is 12.1 Å². The van der Waals surface area contributed by atoms with E-state index in [0.717, 1.165) is 12.1 Å². The van der Waals surface area contributed by atoms with Gasteiger partial charge in [0.1, 0.15) is 0 Å². The fourth-order valence-electron chi connectivity index (χ4n) is 1.71. The summed E-state index contributed by atoms with van der Waals surface area (Å²) in [6.45, 7) is 0. The zero-order valence-electron chi connectivity index (χ0n) is 11.2. The smallest absolute Gasteiger partial charge is 0.388 e. The van der Waals surface area contributed by atoms with E-state index < -0.39 is 17.8 Å². The van der Waals surface area contributed by atoms with Gasteiger partial charge in [0.15, 0.2) is 0 Å². The van der Waals surface area contributed by atoms with Crippen molar-refractivity contribution in [1.29, 1.82) is 5.26 Å². The Kier molecular flexibility index (Phi) is 5.06. The minimum atomic E-state index is -4.39. The first-order valence-electron chi connectivity index (χ1n) is 6.24. The zero-order valence-corrected chi connectivity index (χ0v) is 12.0. The van der Waals surface area contributed by atoms with E-state index in [-0.39, 0.29) is 5.75 Å². The Balaban J connectivity index is 2.00. The lowest BCUT2D eigenvalue weighted by atomic mass is 10.1. The third-order valence-corrected chi connectivity index (χ3v) is 3.88. The lowest BCUT2D eigenvalue weighted by molar-refractivity contribution is -0.137. The molecule has 0 aliphatic carbocycles. The first-order chi connectivity index (χ1) is 10.4. The summed E-state index contributed by atoms with van der Waals surface area (Å²) >= 11 is 1.23. The Morgan fingerprint density at radius 2 is 1.91 bits per heavy atom. The maximum atomic E-state index is 12.5. The molecule has 0 spiro atoms. The van der Waals surface area contributed by atoms with Crippen LogP contribution in [0.1, 0.15) is 22.8 Å². The molecule has 0 saturated carbocycles. The Hall–Kier alpha value is -2.04. The first-order valence-corrected chi connectivity index (χ1v) is 7.23. The number of aliphatic hydroxyl groups excluding tert-OH is 1. The van der Waals surface area contributed by atoms with Crippen molar-refractivity contribution in [3.8, 4) is 6.07 Å². The van der Waals surface area contributed by atoms with Crippen molar-refractivity contribution < 1.29 is 18.3 Å². The SMILES string of the molecule is N#Cc1ccnc(SCC(O)c2ccc(C(F)(F)F)cc2)c1. The minimum absolute atomic E-state index is 0.229. The van der Waals surface area contributed by atoms with Crippen LogP contribution in [0.4, 0.5) is 13.2 Å². The maximum Gasteiger partial charge on any atom is 0.416 e. The summed E-state index contributed by atoms with van der Waals surface area (Å²) in [6.07, 6.45) is -3.81. The van der Waals surface area contributed by atoms with Crippen LogP contribution in [-0.2, 0) is 6.18 Å². The number of alkyl halides is 3. The quantitative estimate of drug-likeness (QED) is 0.869. The normalized spacial score (nSPS) is 12.7. The van der Waals surface area contributed by atoms with Gasteiger partial charge < -0.3 is 5.11 Å². The number of aliphatic hydroxyl groups is 1. The molecular formula is C15H11F3N2OS. The molecule has 22 heavy (non-hydrogen) atoms.